The van der Waals surface area contributed by atoms with Gasteiger partial charge in [-0.05, 0) is 44.7 Å². The molecular formula is C16H22F3NO. The first-order valence-corrected chi connectivity index (χ1v) is 7.34. The van der Waals surface area contributed by atoms with E-state index >= 15 is 0 Å². The van der Waals surface area contributed by atoms with Crippen molar-refractivity contribution in [3.63, 3.8) is 0 Å². The lowest BCUT2D eigenvalue weighted by molar-refractivity contribution is -0.184. The van der Waals surface area contributed by atoms with Crippen molar-refractivity contribution in [2.45, 2.75) is 37.9 Å². The molecule has 5 heteroatoms. The molecule has 0 aromatic heterocycles. The molecule has 0 heterocycles. The zero-order valence-corrected chi connectivity index (χ0v) is 12.4. The van der Waals surface area contributed by atoms with Crippen LogP contribution < -0.4 is 10.1 Å². The van der Waals surface area contributed by atoms with Crippen molar-refractivity contribution in [2.24, 2.45) is 11.8 Å². The average Bonchev–Trinajstić information content (AvgIpc) is 2.48. The number of alkyl halides is 3. The fourth-order valence-electron chi connectivity index (χ4n) is 3.35. The van der Waals surface area contributed by atoms with Gasteiger partial charge in [-0.3, -0.25) is 0 Å². The second kappa shape index (κ2) is 6.69. The largest absolute Gasteiger partial charge is 0.496 e. The fourth-order valence-corrected chi connectivity index (χ4v) is 3.35. The van der Waals surface area contributed by atoms with Gasteiger partial charge in [0.2, 0.25) is 0 Å². The van der Waals surface area contributed by atoms with Crippen molar-refractivity contribution < 1.29 is 17.9 Å². The number of rotatable bonds is 4. The molecule has 1 N–H and O–H groups in total. The molecule has 2 rings (SSSR count). The summed E-state index contributed by atoms with van der Waals surface area (Å²) in [5.41, 5.74) is 1.03. The summed E-state index contributed by atoms with van der Waals surface area (Å²) in [7, 11) is 3.47. The zero-order valence-electron chi connectivity index (χ0n) is 12.4. The number of hydrogen-bond acceptors (Lipinski definition) is 2. The first-order chi connectivity index (χ1) is 9.97. The maximum absolute atomic E-state index is 12.8. The Hall–Kier alpha value is -1.23. The number of ether oxygens (including phenoxy) is 1. The number of hydrogen-bond donors (Lipinski definition) is 1. The van der Waals surface area contributed by atoms with Crippen LogP contribution in [-0.4, -0.2) is 20.3 Å². The summed E-state index contributed by atoms with van der Waals surface area (Å²) in [6, 6.07) is 7.74. The van der Waals surface area contributed by atoms with E-state index in [1.165, 1.54) is 0 Å². The van der Waals surface area contributed by atoms with Gasteiger partial charge in [-0.25, -0.2) is 0 Å². The van der Waals surface area contributed by atoms with E-state index < -0.39 is 12.1 Å². The van der Waals surface area contributed by atoms with Gasteiger partial charge in [-0.1, -0.05) is 18.2 Å². The molecule has 118 valence electrons. The van der Waals surface area contributed by atoms with Gasteiger partial charge in [-0.15, -0.1) is 0 Å². The minimum atomic E-state index is -4.05. The second-order valence-corrected chi connectivity index (χ2v) is 5.66. The smallest absolute Gasteiger partial charge is 0.391 e. The molecule has 1 aliphatic rings. The molecule has 0 bridgehead atoms. The number of para-hydroxylation sites is 1. The van der Waals surface area contributed by atoms with Crippen molar-refractivity contribution in [3.8, 4) is 5.75 Å². The minimum Gasteiger partial charge on any atom is -0.496 e. The Labute approximate surface area is 123 Å². The molecule has 0 aliphatic heterocycles. The number of benzene rings is 1. The highest BCUT2D eigenvalue weighted by atomic mass is 19.4. The van der Waals surface area contributed by atoms with Gasteiger partial charge in [-0.2, -0.15) is 13.2 Å². The van der Waals surface area contributed by atoms with Gasteiger partial charge in [0.05, 0.1) is 13.0 Å². The third-order valence-corrected chi connectivity index (χ3v) is 4.49. The Morgan fingerprint density at radius 1 is 1.14 bits per heavy atom. The van der Waals surface area contributed by atoms with E-state index in [9.17, 15) is 13.2 Å². The van der Waals surface area contributed by atoms with E-state index in [4.69, 9.17) is 4.74 Å². The third-order valence-electron chi connectivity index (χ3n) is 4.49. The molecule has 1 fully saturated rings. The molecular weight excluding hydrogens is 279 g/mol. The van der Waals surface area contributed by atoms with E-state index in [0.717, 1.165) is 11.3 Å². The lowest BCUT2D eigenvalue weighted by atomic mass is 9.76. The average molecular weight is 301 g/mol. The number of nitrogens with one attached hydrogen (secondary N) is 1. The van der Waals surface area contributed by atoms with E-state index in [0.29, 0.717) is 12.8 Å². The Kier molecular flexibility index (Phi) is 5.14. The Morgan fingerprint density at radius 2 is 1.76 bits per heavy atom. The van der Waals surface area contributed by atoms with Gasteiger partial charge in [0.1, 0.15) is 5.75 Å². The lowest BCUT2D eigenvalue weighted by Gasteiger charge is -2.35. The van der Waals surface area contributed by atoms with Crippen molar-refractivity contribution in [2.75, 3.05) is 14.2 Å². The standard InChI is InChI=1S/C16H22F3NO/c1-20-15(13-5-3-4-6-14(13)21-2)11-7-9-12(10-8-11)16(17,18)19/h3-6,11-12,15,20H,7-10H2,1-2H3. The van der Waals surface area contributed by atoms with E-state index in [1.54, 1.807) is 7.11 Å². The van der Waals surface area contributed by atoms with Crippen LogP contribution >= 0.6 is 0 Å². The van der Waals surface area contributed by atoms with Gasteiger partial charge in [0.25, 0.3) is 0 Å². The first kappa shape index (κ1) is 16.1. The summed E-state index contributed by atoms with van der Waals surface area (Å²) in [5, 5.41) is 3.26. The van der Waals surface area contributed by atoms with E-state index in [1.807, 2.05) is 31.3 Å². The molecule has 21 heavy (non-hydrogen) atoms. The van der Waals surface area contributed by atoms with Crippen LogP contribution in [0.3, 0.4) is 0 Å². The topological polar surface area (TPSA) is 21.3 Å². The van der Waals surface area contributed by atoms with Crippen LogP contribution in [0, 0.1) is 11.8 Å². The number of halogens is 3. The van der Waals surface area contributed by atoms with Gasteiger partial charge < -0.3 is 10.1 Å². The van der Waals surface area contributed by atoms with Gasteiger partial charge in [0, 0.05) is 11.6 Å². The SMILES string of the molecule is CNC(c1ccccc1OC)C1CCC(C(F)(F)F)CC1. The number of methoxy groups -OCH3 is 1. The predicted octanol–water partition coefficient (Wildman–Crippen LogP) is 4.32. The third kappa shape index (κ3) is 3.70. The van der Waals surface area contributed by atoms with Crippen LogP contribution in [0.25, 0.3) is 0 Å². The predicted molar refractivity (Wildman–Crippen MR) is 76.3 cm³/mol. The molecule has 1 unspecified atom stereocenters. The normalized spacial score (nSPS) is 24.6. The molecule has 2 nitrogen and oxygen atoms in total. The summed E-state index contributed by atoms with van der Waals surface area (Å²) in [6.45, 7) is 0. The molecule has 0 radical (unpaired) electrons. The molecule has 1 aliphatic carbocycles. The quantitative estimate of drug-likeness (QED) is 0.894. The van der Waals surface area contributed by atoms with Crippen molar-refractivity contribution in [3.05, 3.63) is 29.8 Å². The van der Waals surface area contributed by atoms with Crippen LogP contribution in [0.2, 0.25) is 0 Å². The van der Waals surface area contributed by atoms with Gasteiger partial charge >= 0.3 is 6.18 Å². The van der Waals surface area contributed by atoms with Crippen LogP contribution in [-0.2, 0) is 0 Å². The van der Waals surface area contributed by atoms with Crippen LogP contribution in [0.15, 0.2) is 24.3 Å². The van der Waals surface area contributed by atoms with E-state index in [-0.39, 0.29) is 24.8 Å². The van der Waals surface area contributed by atoms with Crippen molar-refractivity contribution in [1.29, 1.82) is 0 Å². The fraction of sp³-hybridized carbons (Fsp3) is 0.625. The molecule has 1 atom stereocenters. The Morgan fingerprint density at radius 3 is 2.29 bits per heavy atom. The highest BCUT2D eigenvalue weighted by molar-refractivity contribution is 5.36. The summed E-state index contributed by atoms with van der Waals surface area (Å²) >= 11 is 0. The first-order valence-electron chi connectivity index (χ1n) is 7.34. The summed E-state index contributed by atoms with van der Waals surface area (Å²) in [6.07, 6.45) is -2.42. The van der Waals surface area contributed by atoms with E-state index in [2.05, 4.69) is 5.32 Å². The summed E-state index contributed by atoms with van der Waals surface area (Å²) < 4.78 is 43.6. The summed E-state index contributed by atoms with van der Waals surface area (Å²) in [5.74, 6) is -0.136. The minimum absolute atomic E-state index is 0.0373. The zero-order chi connectivity index (χ0) is 15.5. The molecule has 0 amide bonds. The molecule has 1 saturated carbocycles. The highest BCUT2D eigenvalue weighted by Crippen LogP contribution is 2.44. The summed E-state index contributed by atoms with van der Waals surface area (Å²) in [4.78, 5) is 0. The lowest BCUT2D eigenvalue weighted by Crippen LogP contribution is -2.33. The Balaban J connectivity index is 2.10. The highest BCUT2D eigenvalue weighted by Gasteiger charge is 2.42. The molecule has 1 aromatic carbocycles. The Bertz CT molecular complexity index is 453. The van der Waals surface area contributed by atoms with Crippen molar-refractivity contribution in [1.82, 2.24) is 5.32 Å². The molecule has 0 spiro atoms. The monoisotopic (exact) mass is 301 g/mol. The van der Waals surface area contributed by atoms with Crippen LogP contribution in [0.4, 0.5) is 13.2 Å². The van der Waals surface area contributed by atoms with Crippen molar-refractivity contribution >= 4 is 0 Å². The van der Waals surface area contributed by atoms with Crippen LogP contribution in [0.1, 0.15) is 37.3 Å². The van der Waals surface area contributed by atoms with Crippen LogP contribution in [0.5, 0.6) is 5.75 Å². The van der Waals surface area contributed by atoms with Gasteiger partial charge in [0.15, 0.2) is 0 Å². The second-order valence-electron chi connectivity index (χ2n) is 5.66. The maximum atomic E-state index is 12.8. The molecule has 0 saturated heterocycles. The molecule has 1 aromatic rings. The maximum Gasteiger partial charge on any atom is 0.391 e.